The molecule has 1 aliphatic rings. The molecule has 1 aliphatic heterocycles. The van der Waals surface area contributed by atoms with E-state index in [4.69, 9.17) is 19.3 Å². The highest BCUT2D eigenvalue weighted by Gasteiger charge is 2.22. The second-order valence-corrected chi connectivity index (χ2v) is 8.66. The minimum atomic E-state index is -0.797. The Morgan fingerprint density at radius 3 is 2.56 bits per heavy atom. The van der Waals surface area contributed by atoms with Crippen LogP contribution in [0.5, 0.6) is 11.5 Å². The van der Waals surface area contributed by atoms with Crippen LogP contribution < -0.4 is 9.47 Å². The van der Waals surface area contributed by atoms with Crippen molar-refractivity contribution < 1.29 is 28.9 Å². The predicted octanol–water partition coefficient (Wildman–Crippen LogP) is 4.94. The summed E-state index contributed by atoms with van der Waals surface area (Å²) in [6, 6.07) is 12.9. The average Bonchev–Trinajstić information content (AvgIpc) is 3.23. The van der Waals surface area contributed by atoms with Crippen LogP contribution in [0.1, 0.15) is 48.0 Å². The first-order valence-electron chi connectivity index (χ1n) is 11.8. The zero-order chi connectivity index (χ0) is 23.9. The summed E-state index contributed by atoms with van der Waals surface area (Å²) in [6.07, 6.45) is 5.27. The van der Waals surface area contributed by atoms with Gasteiger partial charge in [0.2, 0.25) is 0 Å². The number of nitrogens with zero attached hydrogens (tertiary/aromatic N) is 1. The smallest absolute Gasteiger partial charge is 0.303 e. The molecule has 1 aromatic heterocycles. The third-order valence-electron chi connectivity index (χ3n) is 6.30. The van der Waals surface area contributed by atoms with Gasteiger partial charge >= 0.3 is 5.97 Å². The first-order valence-corrected chi connectivity index (χ1v) is 11.8. The zero-order valence-corrected chi connectivity index (χ0v) is 19.5. The van der Waals surface area contributed by atoms with Crippen molar-refractivity contribution >= 4 is 22.7 Å². The van der Waals surface area contributed by atoms with Crippen molar-refractivity contribution in [2.24, 2.45) is 5.92 Å². The average molecular weight is 466 g/mol. The van der Waals surface area contributed by atoms with Gasteiger partial charge in [0.25, 0.3) is 0 Å². The van der Waals surface area contributed by atoms with Gasteiger partial charge in [0.15, 0.2) is 5.78 Å². The molecule has 7 nitrogen and oxygen atoms in total. The van der Waals surface area contributed by atoms with Gasteiger partial charge in [-0.15, -0.1) is 0 Å². The number of hydrogen-bond donors (Lipinski definition) is 1. The Morgan fingerprint density at radius 2 is 1.85 bits per heavy atom. The van der Waals surface area contributed by atoms with Gasteiger partial charge in [-0.25, -0.2) is 0 Å². The van der Waals surface area contributed by atoms with E-state index in [0.717, 1.165) is 43.5 Å². The lowest BCUT2D eigenvalue weighted by Gasteiger charge is -2.23. The van der Waals surface area contributed by atoms with Crippen LogP contribution in [0.4, 0.5) is 0 Å². The molecule has 180 valence electrons. The molecule has 1 fully saturated rings. The lowest BCUT2D eigenvalue weighted by Crippen LogP contribution is -2.20. The number of carboxylic acid groups (broad SMARTS) is 1. The van der Waals surface area contributed by atoms with Gasteiger partial charge in [-0.2, -0.15) is 0 Å². The molecule has 4 rings (SSSR count). The molecule has 34 heavy (non-hydrogen) atoms. The molecule has 3 aromatic rings. The quantitative estimate of drug-likeness (QED) is 0.319. The first-order chi connectivity index (χ1) is 16.6. The number of aliphatic carboxylic acids is 1. The molecule has 0 atom stereocenters. The number of methoxy groups -OCH3 is 1. The number of hydrogen-bond acceptors (Lipinski definition) is 5. The van der Waals surface area contributed by atoms with Gasteiger partial charge in [0.1, 0.15) is 11.5 Å². The molecule has 0 radical (unpaired) electrons. The number of ketones is 1. The molecule has 0 unspecified atom stereocenters. The molecule has 2 heterocycles. The maximum atomic E-state index is 13.5. The van der Waals surface area contributed by atoms with Crippen molar-refractivity contribution in [1.29, 1.82) is 0 Å². The number of fused-ring (bicyclic) bond motifs is 1. The first kappa shape index (κ1) is 23.8. The predicted molar refractivity (Wildman–Crippen MR) is 129 cm³/mol. The van der Waals surface area contributed by atoms with E-state index >= 15 is 0 Å². The fraction of sp³-hybridized carbons (Fsp3) is 0.407. The minimum Gasteiger partial charge on any atom is -0.497 e. The second-order valence-electron chi connectivity index (χ2n) is 8.66. The van der Waals surface area contributed by atoms with Crippen molar-refractivity contribution in [3.05, 3.63) is 59.8 Å². The molecule has 1 N–H and O–H groups in total. The summed E-state index contributed by atoms with van der Waals surface area (Å²) >= 11 is 0. The summed E-state index contributed by atoms with van der Waals surface area (Å²) in [6.45, 7) is 2.73. The normalized spacial score (nSPS) is 14.3. The highest BCUT2D eigenvalue weighted by Crippen LogP contribution is 2.33. The van der Waals surface area contributed by atoms with E-state index in [-0.39, 0.29) is 12.2 Å². The number of para-hydroxylation sites is 1. The second kappa shape index (κ2) is 11.2. The van der Waals surface area contributed by atoms with E-state index in [1.165, 1.54) is 0 Å². The Balaban J connectivity index is 1.65. The summed E-state index contributed by atoms with van der Waals surface area (Å²) in [7, 11) is 1.60. The van der Waals surface area contributed by atoms with Gasteiger partial charge in [-0.05, 0) is 61.9 Å². The van der Waals surface area contributed by atoms with Gasteiger partial charge in [-0.3, -0.25) is 9.59 Å². The van der Waals surface area contributed by atoms with E-state index in [1.54, 1.807) is 31.4 Å². The molecule has 0 aliphatic carbocycles. The highest BCUT2D eigenvalue weighted by atomic mass is 16.5. The zero-order valence-electron chi connectivity index (χ0n) is 19.5. The van der Waals surface area contributed by atoms with Crippen LogP contribution in [-0.2, 0) is 16.1 Å². The minimum absolute atomic E-state index is 0.0445. The Kier molecular flexibility index (Phi) is 7.85. The molecule has 0 amide bonds. The topological polar surface area (TPSA) is 87.0 Å². The maximum Gasteiger partial charge on any atom is 0.303 e. The number of benzene rings is 2. The van der Waals surface area contributed by atoms with Crippen LogP contribution in [0.2, 0.25) is 0 Å². The number of rotatable bonds is 11. The van der Waals surface area contributed by atoms with Gasteiger partial charge in [0.05, 0.1) is 19.2 Å². The monoisotopic (exact) mass is 465 g/mol. The van der Waals surface area contributed by atoms with Crippen LogP contribution in [0.3, 0.4) is 0 Å². The van der Waals surface area contributed by atoms with Crippen LogP contribution in [0.25, 0.3) is 10.9 Å². The van der Waals surface area contributed by atoms with Crippen molar-refractivity contribution in [3.8, 4) is 11.5 Å². The third-order valence-corrected chi connectivity index (χ3v) is 6.30. The maximum absolute atomic E-state index is 13.5. The number of carboxylic acids is 1. The lowest BCUT2D eigenvalue weighted by molar-refractivity contribution is -0.137. The Morgan fingerprint density at radius 1 is 1.09 bits per heavy atom. The molecule has 0 saturated carbocycles. The van der Waals surface area contributed by atoms with E-state index < -0.39 is 5.97 Å². The Labute approximate surface area is 199 Å². The number of ether oxygens (including phenoxy) is 3. The van der Waals surface area contributed by atoms with E-state index in [2.05, 4.69) is 4.57 Å². The Hall–Kier alpha value is -3.32. The van der Waals surface area contributed by atoms with Gasteiger partial charge in [0, 0.05) is 48.9 Å². The molecule has 1 saturated heterocycles. The molecule has 7 heteroatoms. The molecule has 0 bridgehead atoms. The van der Waals surface area contributed by atoms with Crippen LogP contribution in [-0.4, -0.2) is 48.4 Å². The summed E-state index contributed by atoms with van der Waals surface area (Å²) in [4.78, 5) is 24.2. The SMILES string of the molecule is COc1ccc(C(=O)c2cn(CC3CCOCC3)c3c(OCCCCC(=O)O)cccc23)cc1. The van der Waals surface area contributed by atoms with Crippen molar-refractivity contribution in [1.82, 2.24) is 4.57 Å². The summed E-state index contributed by atoms with van der Waals surface area (Å²) in [5.74, 6) is 1.05. The van der Waals surface area contributed by atoms with Crippen molar-refractivity contribution in [3.63, 3.8) is 0 Å². The largest absolute Gasteiger partial charge is 0.497 e. The molecular weight excluding hydrogens is 434 g/mol. The summed E-state index contributed by atoms with van der Waals surface area (Å²) in [5.41, 5.74) is 2.15. The number of aromatic nitrogens is 1. The van der Waals surface area contributed by atoms with Gasteiger partial charge in [-0.1, -0.05) is 12.1 Å². The fourth-order valence-electron chi connectivity index (χ4n) is 4.43. The van der Waals surface area contributed by atoms with Crippen LogP contribution >= 0.6 is 0 Å². The number of carbonyl (C=O) groups excluding carboxylic acids is 1. The third kappa shape index (κ3) is 5.59. The van der Waals surface area contributed by atoms with Crippen molar-refractivity contribution in [2.75, 3.05) is 26.9 Å². The molecule has 2 aromatic carbocycles. The fourth-order valence-corrected chi connectivity index (χ4v) is 4.43. The van der Waals surface area contributed by atoms with E-state index in [9.17, 15) is 9.59 Å². The van der Waals surface area contributed by atoms with Crippen molar-refractivity contribution in [2.45, 2.75) is 38.6 Å². The number of carbonyl (C=O) groups is 2. The van der Waals surface area contributed by atoms with Gasteiger partial charge < -0.3 is 23.9 Å². The summed E-state index contributed by atoms with van der Waals surface area (Å²) in [5, 5.41) is 9.71. The standard InChI is InChI=1S/C27H31NO6/c1-32-21-10-8-20(9-11-21)27(31)23-18-28(17-19-12-15-33-16-13-19)26-22(23)5-4-6-24(26)34-14-3-2-7-25(29)30/h4-6,8-11,18-19H,2-3,7,12-17H2,1H3,(H,29,30). The lowest BCUT2D eigenvalue weighted by atomic mass is 10.0. The van der Waals surface area contributed by atoms with E-state index in [0.29, 0.717) is 48.0 Å². The number of unbranched alkanes of at least 4 members (excludes halogenated alkanes) is 1. The Bertz CT molecular complexity index is 1130. The summed E-state index contributed by atoms with van der Waals surface area (Å²) < 4.78 is 19.0. The van der Waals surface area contributed by atoms with E-state index in [1.807, 2.05) is 24.4 Å². The molecular formula is C27H31NO6. The van der Waals surface area contributed by atoms with Crippen LogP contribution in [0.15, 0.2) is 48.7 Å². The molecule has 0 spiro atoms. The van der Waals surface area contributed by atoms with Crippen LogP contribution in [0, 0.1) is 5.92 Å². The highest BCUT2D eigenvalue weighted by molar-refractivity contribution is 6.17.